The number of rotatable bonds is 3. The first kappa shape index (κ1) is 12.4. The average Bonchev–Trinajstić information content (AvgIpc) is 2.89. The molecule has 1 saturated heterocycles. The van der Waals surface area contributed by atoms with Crippen LogP contribution in [0.4, 0.5) is 0 Å². The van der Waals surface area contributed by atoms with Gasteiger partial charge in [0.1, 0.15) is 0 Å². The van der Waals surface area contributed by atoms with Gasteiger partial charge in [-0.05, 0) is 22.9 Å². The van der Waals surface area contributed by atoms with Crippen LogP contribution in [-0.4, -0.2) is 17.4 Å². The van der Waals surface area contributed by atoms with E-state index in [1.165, 1.54) is 5.56 Å². The topological polar surface area (TPSA) is 20.3 Å². The molecule has 0 aliphatic carbocycles. The standard InChI is InChI=1S/C16H17NOS/c1-12-11-17(15(18)10-14-8-5-9-19-14)16(12)13-6-3-2-4-7-13/h2-9,12,16H,10-11H2,1H3/t12-,16-/m1/s1. The molecule has 2 heterocycles. The monoisotopic (exact) mass is 271 g/mol. The number of hydrogen-bond acceptors (Lipinski definition) is 2. The number of carbonyl (C=O) groups is 1. The van der Waals surface area contributed by atoms with Gasteiger partial charge in [0.25, 0.3) is 0 Å². The maximum Gasteiger partial charge on any atom is 0.228 e. The van der Waals surface area contributed by atoms with E-state index in [1.807, 2.05) is 40.6 Å². The van der Waals surface area contributed by atoms with Crippen LogP contribution in [0.5, 0.6) is 0 Å². The fraction of sp³-hybridized carbons (Fsp3) is 0.312. The Morgan fingerprint density at radius 2 is 2.05 bits per heavy atom. The molecule has 2 nitrogen and oxygen atoms in total. The Labute approximate surface area is 117 Å². The Morgan fingerprint density at radius 3 is 2.68 bits per heavy atom. The molecule has 0 N–H and O–H groups in total. The van der Waals surface area contributed by atoms with E-state index in [9.17, 15) is 4.79 Å². The molecule has 0 saturated carbocycles. The molecular weight excluding hydrogens is 254 g/mol. The Kier molecular flexibility index (Phi) is 3.38. The smallest absolute Gasteiger partial charge is 0.228 e. The molecule has 3 heteroatoms. The summed E-state index contributed by atoms with van der Waals surface area (Å²) in [6.45, 7) is 3.09. The second-order valence-electron chi connectivity index (χ2n) is 5.14. The van der Waals surface area contributed by atoms with Crippen LogP contribution in [0.1, 0.15) is 23.4 Å². The second-order valence-corrected chi connectivity index (χ2v) is 6.17. The van der Waals surface area contributed by atoms with Crippen molar-refractivity contribution in [2.24, 2.45) is 5.92 Å². The number of amides is 1. The molecule has 19 heavy (non-hydrogen) atoms. The summed E-state index contributed by atoms with van der Waals surface area (Å²) in [7, 11) is 0. The van der Waals surface area contributed by atoms with Crippen LogP contribution in [0.3, 0.4) is 0 Å². The summed E-state index contributed by atoms with van der Waals surface area (Å²) in [5.41, 5.74) is 1.25. The lowest BCUT2D eigenvalue weighted by molar-refractivity contribution is -0.142. The number of likely N-dealkylation sites (tertiary alicyclic amines) is 1. The van der Waals surface area contributed by atoms with E-state index in [-0.39, 0.29) is 11.9 Å². The average molecular weight is 271 g/mol. The maximum absolute atomic E-state index is 12.4. The van der Waals surface area contributed by atoms with Gasteiger partial charge in [-0.15, -0.1) is 11.3 Å². The van der Waals surface area contributed by atoms with Gasteiger partial charge in [0.05, 0.1) is 12.5 Å². The van der Waals surface area contributed by atoms with Gasteiger partial charge >= 0.3 is 0 Å². The van der Waals surface area contributed by atoms with Gasteiger partial charge < -0.3 is 4.90 Å². The SMILES string of the molecule is C[C@@H]1CN(C(=O)Cc2cccs2)[C@H]1c1ccccc1. The highest BCUT2D eigenvalue weighted by atomic mass is 32.1. The summed E-state index contributed by atoms with van der Waals surface area (Å²) < 4.78 is 0. The number of nitrogens with zero attached hydrogens (tertiary/aromatic N) is 1. The van der Waals surface area contributed by atoms with Crippen molar-refractivity contribution in [3.63, 3.8) is 0 Å². The molecule has 1 aliphatic rings. The van der Waals surface area contributed by atoms with Gasteiger partial charge in [-0.25, -0.2) is 0 Å². The van der Waals surface area contributed by atoms with Crippen molar-refractivity contribution >= 4 is 17.2 Å². The van der Waals surface area contributed by atoms with Crippen molar-refractivity contribution in [2.45, 2.75) is 19.4 Å². The molecule has 1 amide bonds. The van der Waals surface area contributed by atoms with Crippen LogP contribution in [0.15, 0.2) is 47.8 Å². The minimum atomic E-state index is 0.245. The molecule has 98 valence electrons. The van der Waals surface area contributed by atoms with Crippen molar-refractivity contribution in [3.05, 3.63) is 58.3 Å². The van der Waals surface area contributed by atoms with Gasteiger partial charge in [-0.3, -0.25) is 4.79 Å². The van der Waals surface area contributed by atoms with Crippen molar-refractivity contribution in [1.82, 2.24) is 4.90 Å². The third kappa shape index (κ3) is 2.43. The quantitative estimate of drug-likeness (QED) is 0.836. The van der Waals surface area contributed by atoms with Gasteiger partial charge in [0.2, 0.25) is 5.91 Å². The Morgan fingerprint density at radius 1 is 1.26 bits per heavy atom. The summed E-state index contributed by atoms with van der Waals surface area (Å²) >= 11 is 1.65. The van der Waals surface area contributed by atoms with Gasteiger partial charge in [-0.2, -0.15) is 0 Å². The molecule has 3 rings (SSSR count). The first-order valence-corrected chi connectivity index (χ1v) is 7.50. The molecule has 0 bridgehead atoms. The summed E-state index contributed by atoms with van der Waals surface area (Å²) in [5, 5.41) is 2.02. The van der Waals surface area contributed by atoms with Gasteiger partial charge in [0, 0.05) is 11.4 Å². The predicted molar refractivity (Wildman–Crippen MR) is 78.1 cm³/mol. The van der Waals surface area contributed by atoms with Crippen LogP contribution in [0, 0.1) is 5.92 Å². The highest BCUT2D eigenvalue weighted by Crippen LogP contribution is 2.38. The largest absolute Gasteiger partial charge is 0.335 e. The molecule has 1 fully saturated rings. The van der Waals surface area contributed by atoms with Crippen LogP contribution in [-0.2, 0) is 11.2 Å². The molecule has 1 aromatic carbocycles. The third-order valence-corrected chi connectivity index (χ3v) is 4.60. The van der Waals surface area contributed by atoms with Crippen molar-refractivity contribution < 1.29 is 4.79 Å². The van der Waals surface area contributed by atoms with Crippen molar-refractivity contribution in [1.29, 1.82) is 0 Å². The van der Waals surface area contributed by atoms with Crippen molar-refractivity contribution in [3.8, 4) is 0 Å². The van der Waals surface area contributed by atoms with E-state index < -0.39 is 0 Å². The number of hydrogen-bond donors (Lipinski definition) is 0. The molecule has 2 atom stereocenters. The minimum absolute atomic E-state index is 0.245. The predicted octanol–water partition coefficient (Wildman–Crippen LogP) is 3.51. The highest BCUT2D eigenvalue weighted by Gasteiger charge is 2.39. The normalized spacial score (nSPS) is 22.1. The molecule has 1 aliphatic heterocycles. The number of benzene rings is 1. The summed E-state index contributed by atoms with van der Waals surface area (Å²) in [5.74, 6) is 0.795. The van der Waals surface area contributed by atoms with E-state index >= 15 is 0 Å². The van der Waals surface area contributed by atoms with Crippen LogP contribution < -0.4 is 0 Å². The third-order valence-electron chi connectivity index (χ3n) is 3.73. The van der Waals surface area contributed by atoms with Crippen LogP contribution >= 0.6 is 11.3 Å². The first-order valence-electron chi connectivity index (χ1n) is 6.62. The molecule has 0 radical (unpaired) electrons. The van der Waals surface area contributed by atoms with E-state index in [1.54, 1.807) is 11.3 Å². The van der Waals surface area contributed by atoms with E-state index in [0.717, 1.165) is 11.4 Å². The van der Waals surface area contributed by atoms with Crippen LogP contribution in [0.2, 0.25) is 0 Å². The minimum Gasteiger partial charge on any atom is -0.335 e. The van der Waals surface area contributed by atoms with Gasteiger partial charge in [0.15, 0.2) is 0 Å². The Balaban J connectivity index is 1.73. The zero-order chi connectivity index (χ0) is 13.2. The lowest BCUT2D eigenvalue weighted by atomic mass is 9.84. The fourth-order valence-electron chi connectivity index (χ4n) is 2.77. The Hall–Kier alpha value is -1.61. The van der Waals surface area contributed by atoms with E-state index in [0.29, 0.717) is 12.3 Å². The second kappa shape index (κ2) is 5.17. The van der Waals surface area contributed by atoms with Crippen molar-refractivity contribution in [2.75, 3.05) is 6.54 Å². The molecule has 1 aromatic heterocycles. The zero-order valence-electron chi connectivity index (χ0n) is 11.0. The Bertz CT molecular complexity index is 549. The van der Waals surface area contributed by atoms with Gasteiger partial charge in [-0.1, -0.05) is 43.3 Å². The summed E-state index contributed by atoms with van der Waals surface area (Å²) in [4.78, 5) is 15.5. The maximum atomic E-state index is 12.4. The molecular formula is C16H17NOS. The lowest BCUT2D eigenvalue weighted by Crippen LogP contribution is -2.51. The fourth-order valence-corrected chi connectivity index (χ4v) is 3.47. The van der Waals surface area contributed by atoms with E-state index in [4.69, 9.17) is 0 Å². The number of carbonyl (C=O) groups excluding carboxylic acids is 1. The van der Waals surface area contributed by atoms with Crippen LogP contribution in [0.25, 0.3) is 0 Å². The number of thiophene rings is 1. The summed E-state index contributed by atoms with van der Waals surface area (Å²) in [6.07, 6.45) is 0.535. The highest BCUT2D eigenvalue weighted by molar-refractivity contribution is 7.10. The molecule has 0 spiro atoms. The molecule has 0 unspecified atom stereocenters. The first-order chi connectivity index (χ1) is 9.25. The lowest BCUT2D eigenvalue weighted by Gasteiger charge is -2.47. The summed E-state index contributed by atoms with van der Waals surface area (Å²) in [6, 6.07) is 14.6. The zero-order valence-corrected chi connectivity index (χ0v) is 11.8. The molecule has 2 aromatic rings. The van der Waals surface area contributed by atoms with E-state index in [2.05, 4.69) is 19.1 Å².